The van der Waals surface area contributed by atoms with Gasteiger partial charge in [0.15, 0.2) is 0 Å². The van der Waals surface area contributed by atoms with E-state index in [9.17, 15) is 9.59 Å². The number of carbonyl (C=O) groups is 2. The molecule has 28 heavy (non-hydrogen) atoms. The molecule has 2 aromatic heterocycles. The Bertz CT molecular complexity index is 938. The van der Waals surface area contributed by atoms with Crippen molar-refractivity contribution in [2.75, 3.05) is 19.6 Å². The molecule has 4 atom stereocenters. The van der Waals surface area contributed by atoms with Crippen LogP contribution in [-0.4, -0.2) is 57.6 Å². The smallest absolute Gasteiger partial charge is 0.270 e. The molecule has 0 saturated carbocycles. The zero-order valence-electron chi connectivity index (χ0n) is 16.1. The summed E-state index contributed by atoms with van der Waals surface area (Å²) in [7, 11) is 1.89. The van der Waals surface area contributed by atoms with Crippen molar-refractivity contribution in [3.63, 3.8) is 0 Å². The van der Waals surface area contributed by atoms with Gasteiger partial charge in [-0.25, -0.2) is 4.98 Å². The topological polar surface area (TPSA) is 76.5 Å². The maximum atomic E-state index is 13.0. The van der Waals surface area contributed by atoms with E-state index in [0.717, 1.165) is 17.8 Å². The summed E-state index contributed by atoms with van der Waals surface area (Å²) in [6, 6.07) is 3.75. The van der Waals surface area contributed by atoms with E-state index < -0.39 is 0 Å². The van der Waals surface area contributed by atoms with E-state index in [1.165, 1.54) is 11.3 Å². The highest BCUT2D eigenvalue weighted by Crippen LogP contribution is 2.54. The van der Waals surface area contributed by atoms with Gasteiger partial charge in [0.25, 0.3) is 11.8 Å². The van der Waals surface area contributed by atoms with E-state index in [4.69, 9.17) is 4.74 Å². The molecule has 5 heterocycles. The van der Waals surface area contributed by atoms with Crippen molar-refractivity contribution < 1.29 is 14.3 Å². The number of rotatable bonds is 4. The Morgan fingerprint density at radius 2 is 2.32 bits per heavy atom. The van der Waals surface area contributed by atoms with Crippen molar-refractivity contribution in [1.82, 2.24) is 19.8 Å². The fourth-order valence-corrected chi connectivity index (χ4v) is 5.83. The molecule has 2 bridgehead atoms. The molecule has 0 aliphatic carbocycles. The summed E-state index contributed by atoms with van der Waals surface area (Å²) >= 11 is 1.48. The minimum atomic E-state index is -0.238. The second kappa shape index (κ2) is 6.42. The molecule has 2 amide bonds. The lowest BCUT2D eigenvalue weighted by Gasteiger charge is -2.29. The second-order valence-corrected chi connectivity index (χ2v) is 9.24. The van der Waals surface area contributed by atoms with Crippen LogP contribution in [0.25, 0.3) is 0 Å². The van der Waals surface area contributed by atoms with E-state index in [-0.39, 0.29) is 35.4 Å². The molecule has 1 spiro atoms. The monoisotopic (exact) mass is 400 g/mol. The summed E-state index contributed by atoms with van der Waals surface area (Å²) < 4.78 is 8.26. The number of nitrogens with one attached hydrogen (secondary N) is 1. The minimum absolute atomic E-state index is 0.0593. The lowest BCUT2D eigenvalue weighted by molar-refractivity contribution is 0.00307. The first-order chi connectivity index (χ1) is 13.5. The molecule has 2 aromatic rings. The number of nitrogens with zero attached hydrogens (tertiary/aromatic N) is 3. The number of amides is 2. The highest BCUT2D eigenvalue weighted by atomic mass is 32.1. The van der Waals surface area contributed by atoms with Gasteiger partial charge >= 0.3 is 0 Å². The molecule has 3 aliphatic heterocycles. The fourth-order valence-electron chi connectivity index (χ4n) is 5.23. The molecule has 7 nitrogen and oxygen atoms in total. The lowest BCUT2D eigenvalue weighted by Crippen LogP contribution is -2.42. The number of ether oxygens (including phenoxy) is 1. The van der Waals surface area contributed by atoms with Gasteiger partial charge in [-0.2, -0.15) is 0 Å². The SMILES string of the molecule is Cc1nc(C(=O)NC[C@H]2[C@H]3CN(C(=O)c4cccn4C)C[C@]34CC[C@H]2O4)cs1. The number of fused-ring (bicyclic) bond motifs is 1. The van der Waals surface area contributed by atoms with Gasteiger partial charge in [0, 0.05) is 43.5 Å². The highest BCUT2D eigenvalue weighted by molar-refractivity contribution is 7.09. The predicted molar refractivity (Wildman–Crippen MR) is 104 cm³/mol. The van der Waals surface area contributed by atoms with Crippen molar-refractivity contribution in [2.45, 2.75) is 31.5 Å². The Morgan fingerprint density at radius 3 is 3.04 bits per heavy atom. The molecule has 148 valence electrons. The zero-order chi connectivity index (χ0) is 19.5. The third kappa shape index (κ3) is 2.69. The van der Waals surface area contributed by atoms with Crippen LogP contribution in [0.5, 0.6) is 0 Å². The maximum absolute atomic E-state index is 13.0. The number of aryl methyl sites for hydroxylation is 2. The van der Waals surface area contributed by atoms with E-state index in [1.807, 2.05) is 41.8 Å². The number of thiazole rings is 1. The molecule has 8 heteroatoms. The average Bonchev–Trinajstić information content (AvgIpc) is 3.45. The average molecular weight is 401 g/mol. The van der Waals surface area contributed by atoms with Crippen molar-refractivity contribution in [3.05, 3.63) is 40.1 Å². The molecule has 3 saturated heterocycles. The quantitative estimate of drug-likeness (QED) is 0.850. The van der Waals surface area contributed by atoms with E-state index in [1.54, 1.807) is 5.38 Å². The van der Waals surface area contributed by atoms with Crippen molar-refractivity contribution in [3.8, 4) is 0 Å². The van der Waals surface area contributed by atoms with Gasteiger partial charge in [0.2, 0.25) is 0 Å². The van der Waals surface area contributed by atoms with Crippen LogP contribution in [0.1, 0.15) is 38.8 Å². The summed E-state index contributed by atoms with van der Waals surface area (Å²) in [5.41, 5.74) is 0.945. The zero-order valence-corrected chi connectivity index (χ0v) is 16.9. The highest BCUT2D eigenvalue weighted by Gasteiger charge is 2.63. The molecule has 0 radical (unpaired) electrons. The van der Waals surface area contributed by atoms with Crippen LogP contribution in [0.4, 0.5) is 0 Å². The Morgan fingerprint density at radius 1 is 1.46 bits per heavy atom. The third-order valence-electron chi connectivity index (χ3n) is 6.58. The molecule has 0 unspecified atom stereocenters. The number of hydrogen-bond acceptors (Lipinski definition) is 5. The molecular weight excluding hydrogens is 376 g/mol. The van der Waals surface area contributed by atoms with Gasteiger partial charge in [0.05, 0.1) is 23.3 Å². The number of hydrogen-bond donors (Lipinski definition) is 1. The first-order valence-corrected chi connectivity index (χ1v) is 10.6. The van der Waals surface area contributed by atoms with Crippen LogP contribution in [0, 0.1) is 18.8 Å². The lowest BCUT2D eigenvalue weighted by atomic mass is 9.73. The molecule has 5 rings (SSSR count). The Kier molecular flexibility index (Phi) is 4.10. The first kappa shape index (κ1) is 17.9. The molecule has 0 aromatic carbocycles. The summed E-state index contributed by atoms with van der Waals surface area (Å²) in [6.45, 7) is 3.80. The predicted octanol–water partition coefficient (Wildman–Crippen LogP) is 1.84. The third-order valence-corrected chi connectivity index (χ3v) is 7.36. The fraction of sp³-hybridized carbons (Fsp3) is 0.550. The molecular formula is C20H24N4O3S. The summed E-state index contributed by atoms with van der Waals surface area (Å²) in [4.78, 5) is 31.6. The summed E-state index contributed by atoms with van der Waals surface area (Å²) in [5.74, 6) is 0.441. The number of aromatic nitrogens is 2. The standard InChI is InChI=1S/C20H24N4O3S/c1-12-22-15(10-28-12)18(25)21-8-13-14-9-24(11-20(14)6-5-17(13)27-20)19(26)16-4-3-7-23(16)2/h3-4,7,10,13-14,17H,5-6,8-9,11H2,1-2H3,(H,21,25)/t13-,14+,17+,20+/m0/s1. The second-order valence-electron chi connectivity index (χ2n) is 8.18. The van der Waals surface area contributed by atoms with E-state index in [2.05, 4.69) is 10.3 Å². The van der Waals surface area contributed by atoms with Crippen LogP contribution >= 0.6 is 11.3 Å². The normalized spacial score (nSPS) is 30.6. The maximum Gasteiger partial charge on any atom is 0.270 e. The van der Waals surface area contributed by atoms with Crippen molar-refractivity contribution >= 4 is 23.2 Å². The van der Waals surface area contributed by atoms with Crippen molar-refractivity contribution in [1.29, 1.82) is 0 Å². The summed E-state index contributed by atoms with van der Waals surface area (Å²) in [5, 5.41) is 5.72. The molecule has 3 fully saturated rings. The van der Waals surface area contributed by atoms with Gasteiger partial charge in [-0.3, -0.25) is 9.59 Å². The van der Waals surface area contributed by atoms with Crippen LogP contribution in [0.2, 0.25) is 0 Å². The Balaban J connectivity index is 1.29. The van der Waals surface area contributed by atoms with Gasteiger partial charge in [0.1, 0.15) is 11.4 Å². The van der Waals surface area contributed by atoms with E-state index in [0.29, 0.717) is 31.0 Å². The Hall–Kier alpha value is -2.19. The van der Waals surface area contributed by atoms with Gasteiger partial charge in [-0.15, -0.1) is 11.3 Å². The van der Waals surface area contributed by atoms with Crippen LogP contribution < -0.4 is 5.32 Å². The number of likely N-dealkylation sites (tertiary alicyclic amines) is 1. The van der Waals surface area contributed by atoms with Crippen LogP contribution in [0.15, 0.2) is 23.7 Å². The summed E-state index contributed by atoms with van der Waals surface area (Å²) in [6.07, 6.45) is 4.06. The van der Waals surface area contributed by atoms with E-state index >= 15 is 0 Å². The largest absolute Gasteiger partial charge is 0.369 e. The van der Waals surface area contributed by atoms with Gasteiger partial charge in [-0.1, -0.05) is 0 Å². The first-order valence-electron chi connectivity index (χ1n) is 9.75. The number of carbonyl (C=O) groups excluding carboxylic acids is 2. The molecule has 1 N–H and O–H groups in total. The van der Waals surface area contributed by atoms with Gasteiger partial charge in [-0.05, 0) is 31.9 Å². The minimum Gasteiger partial charge on any atom is -0.369 e. The Labute approximate surface area is 167 Å². The van der Waals surface area contributed by atoms with Gasteiger partial charge < -0.3 is 19.5 Å². The van der Waals surface area contributed by atoms with Crippen LogP contribution in [-0.2, 0) is 11.8 Å². The van der Waals surface area contributed by atoms with Crippen molar-refractivity contribution in [2.24, 2.45) is 18.9 Å². The van der Waals surface area contributed by atoms with Crippen LogP contribution in [0.3, 0.4) is 0 Å². The molecule has 3 aliphatic rings.